The zero-order valence-corrected chi connectivity index (χ0v) is 22.2. The first-order valence-corrected chi connectivity index (χ1v) is 13.5. The van der Waals surface area contributed by atoms with Crippen molar-refractivity contribution in [2.75, 3.05) is 43.9 Å². The molecule has 0 bridgehead atoms. The Labute approximate surface area is 218 Å². The summed E-state index contributed by atoms with van der Waals surface area (Å²) in [5.74, 6) is -0.330. The number of fused-ring (bicyclic) bond motifs is 1. The SMILES string of the molecule is Cc1ccc2nc(-c3ccc(NC(=O)c4nsc(NCCCN(C)CCCN)c4Cl)cc3)sc2c1. The zero-order chi connectivity index (χ0) is 24.8. The van der Waals surface area contributed by atoms with Gasteiger partial charge in [0, 0.05) is 17.8 Å². The molecule has 0 radical (unpaired) electrons. The van der Waals surface area contributed by atoms with E-state index in [9.17, 15) is 4.79 Å². The van der Waals surface area contributed by atoms with Crippen LogP contribution in [-0.2, 0) is 0 Å². The third kappa shape index (κ3) is 6.56. The number of rotatable bonds is 11. The Balaban J connectivity index is 1.32. The number of nitrogens with zero attached hydrogens (tertiary/aromatic N) is 3. The fourth-order valence-corrected chi connectivity index (χ4v) is 5.71. The molecule has 4 N–H and O–H groups in total. The van der Waals surface area contributed by atoms with E-state index in [0.717, 1.165) is 48.6 Å². The lowest BCUT2D eigenvalue weighted by atomic mass is 10.2. The van der Waals surface area contributed by atoms with Gasteiger partial charge in [0.05, 0.1) is 10.2 Å². The molecule has 1 amide bonds. The number of thiazole rings is 1. The minimum atomic E-state index is -0.330. The van der Waals surface area contributed by atoms with E-state index in [1.807, 2.05) is 30.3 Å². The standard InChI is InChI=1S/C25H29ClN6OS2/c1-16-5-10-19-20(15-16)34-24(30-19)17-6-8-18(9-7-17)29-23(33)22-21(26)25(35-31-22)28-12-4-14-32(2)13-3-11-27/h5-10,15,28H,3-4,11-14,27H2,1-2H3,(H,29,33). The minimum Gasteiger partial charge on any atom is -0.374 e. The molecular weight excluding hydrogens is 500 g/mol. The molecule has 4 aromatic rings. The second-order valence-corrected chi connectivity index (χ2v) is 10.6. The maximum atomic E-state index is 12.8. The van der Waals surface area contributed by atoms with Gasteiger partial charge >= 0.3 is 0 Å². The first-order chi connectivity index (χ1) is 16.9. The Morgan fingerprint density at radius 3 is 2.69 bits per heavy atom. The second-order valence-electron chi connectivity index (χ2n) is 8.42. The van der Waals surface area contributed by atoms with Crippen molar-refractivity contribution >= 4 is 61.3 Å². The van der Waals surface area contributed by atoms with Gasteiger partial charge in [-0.1, -0.05) is 17.7 Å². The van der Waals surface area contributed by atoms with Crippen LogP contribution in [0.25, 0.3) is 20.8 Å². The number of carbonyl (C=O) groups excluding carboxylic acids is 1. The normalized spacial score (nSPS) is 11.3. The zero-order valence-electron chi connectivity index (χ0n) is 19.8. The van der Waals surface area contributed by atoms with E-state index >= 15 is 0 Å². The van der Waals surface area contributed by atoms with Crippen molar-refractivity contribution in [1.82, 2.24) is 14.3 Å². The molecule has 0 spiro atoms. The van der Waals surface area contributed by atoms with E-state index in [2.05, 4.69) is 46.0 Å². The highest BCUT2D eigenvalue weighted by Gasteiger charge is 2.19. The summed E-state index contributed by atoms with van der Waals surface area (Å²) in [7, 11) is 2.09. The van der Waals surface area contributed by atoms with E-state index < -0.39 is 0 Å². The lowest BCUT2D eigenvalue weighted by Crippen LogP contribution is -2.24. The number of carbonyl (C=O) groups is 1. The molecule has 0 aliphatic rings. The molecule has 0 aliphatic heterocycles. The van der Waals surface area contributed by atoms with Crippen molar-refractivity contribution < 1.29 is 4.79 Å². The Hall–Kier alpha value is -2.56. The van der Waals surface area contributed by atoms with Gasteiger partial charge < -0.3 is 21.3 Å². The number of hydrogen-bond donors (Lipinski definition) is 3. The quantitative estimate of drug-likeness (QED) is 0.215. The van der Waals surface area contributed by atoms with Crippen molar-refractivity contribution in [2.45, 2.75) is 19.8 Å². The first kappa shape index (κ1) is 25.5. The van der Waals surface area contributed by atoms with Crippen molar-refractivity contribution in [3.05, 3.63) is 58.7 Å². The van der Waals surface area contributed by atoms with Gasteiger partial charge in [0.25, 0.3) is 5.91 Å². The molecule has 0 fully saturated rings. The smallest absolute Gasteiger partial charge is 0.277 e. The van der Waals surface area contributed by atoms with E-state index in [0.29, 0.717) is 22.3 Å². The molecule has 4 rings (SSSR count). The Morgan fingerprint density at radius 2 is 1.91 bits per heavy atom. The Bertz CT molecular complexity index is 1290. The molecule has 35 heavy (non-hydrogen) atoms. The summed E-state index contributed by atoms with van der Waals surface area (Å²) in [4.78, 5) is 19.7. The van der Waals surface area contributed by atoms with Crippen LogP contribution in [0.5, 0.6) is 0 Å². The third-order valence-corrected chi connectivity index (χ3v) is 7.88. The summed E-state index contributed by atoms with van der Waals surface area (Å²) in [5, 5.41) is 8.19. The van der Waals surface area contributed by atoms with Crippen molar-refractivity contribution in [2.24, 2.45) is 5.73 Å². The molecule has 0 aliphatic carbocycles. The van der Waals surface area contributed by atoms with Crippen LogP contribution in [0.2, 0.25) is 5.02 Å². The molecule has 10 heteroatoms. The maximum Gasteiger partial charge on any atom is 0.277 e. The molecule has 2 aromatic carbocycles. The fourth-order valence-electron chi connectivity index (χ4n) is 3.60. The minimum absolute atomic E-state index is 0.227. The number of aryl methyl sites for hydroxylation is 1. The highest BCUT2D eigenvalue weighted by atomic mass is 35.5. The van der Waals surface area contributed by atoms with Gasteiger partial charge in [-0.05, 0) is 99.9 Å². The van der Waals surface area contributed by atoms with E-state index in [1.165, 1.54) is 21.8 Å². The highest BCUT2D eigenvalue weighted by Crippen LogP contribution is 2.32. The summed E-state index contributed by atoms with van der Waals surface area (Å²) in [6.45, 7) is 5.49. The molecule has 0 atom stereocenters. The average Bonchev–Trinajstić information content (AvgIpc) is 3.44. The molecular formula is C25H29ClN6OS2. The van der Waals surface area contributed by atoms with Crippen LogP contribution in [0.3, 0.4) is 0 Å². The molecule has 0 saturated heterocycles. The van der Waals surface area contributed by atoms with Crippen LogP contribution in [-0.4, -0.2) is 53.4 Å². The van der Waals surface area contributed by atoms with Crippen LogP contribution < -0.4 is 16.4 Å². The lowest BCUT2D eigenvalue weighted by Gasteiger charge is -2.15. The van der Waals surface area contributed by atoms with Crippen LogP contribution in [0, 0.1) is 6.92 Å². The second kappa shape index (κ2) is 11.9. The van der Waals surface area contributed by atoms with Crippen LogP contribution in [0.15, 0.2) is 42.5 Å². The maximum absolute atomic E-state index is 12.8. The first-order valence-electron chi connectivity index (χ1n) is 11.5. The average molecular weight is 529 g/mol. The summed E-state index contributed by atoms with van der Waals surface area (Å²) in [6.07, 6.45) is 1.95. The molecule has 0 saturated carbocycles. The van der Waals surface area contributed by atoms with Crippen LogP contribution >= 0.6 is 34.5 Å². The molecule has 184 valence electrons. The monoisotopic (exact) mass is 528 g/mol. The number of nitrogens with one attached hydrogen (secondary N) is 2. The number of amides is 1. The van der Waals surface area contributed by atoms with Gasteiger partial charge in [-0.25, -0.2) is 4.98 Å². The van der Waals surface area contributed by atoms with Gasteiger partial charge in [-0.2, -0.15) is 4.37 Å². The largest absolute Gasteiger partial charge is 0.374 e. The van der Waals surface area contributed by atoms with Gasteiger partial charge in [0.2, 0.25) is 0 Å². The fraction of sp³-hybridized carbons (Fsp3) is 0.320. The van der Waals surface area contributed by atoms with Gasteiger partial charge in [0.15, 0.2) is 5.69 Å². The summed E-state index contributed by atoms with van der Waals surface area (Å²) in [5.41, 5.74) is 9.68. The van der Waals surface area contributed by atoms with Gasteiger partial charge in [-0.15, -0.1) is 11.3 Å². The van der Waals surface area contributed by atoms with Gasteiger partial charge in [0.1, 0.15) is 15.0 Å². The Morgan fingerprint density at radius 1 is 1.14 bits per heavy atom. The number of benzene rings is 2. The number of anilines is 2. The predicted octanol–water partition coefficient (Wildman–Crippen LogP) is 5.72. The van der Waals surface area contributed by atoms with Crippen molar-refractivity contribution in [3.63, 3.8) is 0 Å². The lowest BCUT2D eigenvalue weighted by molar-refractivity contribution is 0.102. The molecule has 0 unspecified atom stereocenters. The third-order valence-electron chi connectivity index (χ3n) is 5.53. The van der Waals surface area contributed by atoms with Gasteiger partial charge in [-0.3, -0.25) is 4.79 Å². The van der Waals surface area contributed by atoms with E-state index in [4.69, 9.17) is 22.3 Å². The topological polar surface area (TPSA) is 96.2 Å². The van der Waals surface area contributed by atoms with E-state index in [-0.39, 0.29) is 11.6 Å². The van der Waals surface area contributed by atoms with Crippen molar-refractivity contribution in [1.29, 1.82) is 0 Å². The number of nitrogens with two attached hydrogens (primary N) is 1. The van der Waals surface area contributed by atoms with Crippen LogP contribution in [0.4, 0.5) is 10.7 Å². The number of hydrogen-bond acceptors (Lipinski definition) is 8. The van der Waals surface area contributed by atoms with Crippen LogP contribution in [0.1, 0.15) is 28.9 Å². The molecule has 2 aromatic heterocycles. The molecule has 2 heterocycles. The highest BCUT2D eigenvalue weighted by molar-refractivity contribution is 7.21. The summed E-state index contributed by atoms with van der Waals surface area (Å²) < 4.78 is 5.43. The number of aromatic nitrogens is 2. The predicted molar refractivity (Wildman–Crippen MR) is 149 cm³/mol. The van der Waals surface area contributed by atoms with Crippen molar-refractivity contribution in [3.8, 4) is 10.6 Å². The summed E-state index contributed by atoms with van der Waals surface area (Å²) in [6, 6.07) is 13.9. The summed E-state index contributed by atoms with van der Waals surface area (Å²) >= 11 is 9.30. The number of halogens is 1. The molecule has 7 nitrogen and oxygen atoms in total. The van der Waals surface area contributed by atoms with E-state index in [1.54, 1.807) is 11.3 Å². The Kier molecular flexibility index (Phi) is 8.69.